The number of hydrogen-bond donors (Lipinski definition) is 3. The van der Waals surface area contributed by atoms with Crippen molar-refractivity contribution >= 4 is 5.91 Å². The normalized spacial score (nSPS) is 16.5. The summed E-state index contributed by atoms with van der Waals surface area (Å²) in [7, 11) is 0. The molecule has 0 unspecified atom stereocenters. The molecule has 0 aliphatic heterocycles. The van der Waals surface area contributed by atoms with E-state index < -0.39 is 0 Å². The van der Waals surface area contributed by atoms with Crippen LogP contribution in [-0.2, 0) is 0 Å². The maximum atomic E-state index is 11.7. The predicted octanol–water partition coefficient (Wildman–Crippen LogP) is 0.267. The number of pyridine rings is 1. The third kappa shape index (κ3) is 2.94. The molecule has 1 amide bonds. The lowest BCUT2D eigenvalue weighted by molar-refractivity contribution is 0.0940. The Morgan fingerprint density at radius 1 is 1.47 bits per heavy atom. The number of carbonyl (C=O) groups excluding carboxylic acids is 1. The Morgan fingerprint density at radius 3 is 2.76 bits per heavy atom. The lowest BCUT2D eigenvalue weighted by Crippen LogP contribution is -2.31. The molecule has 0 radical (unpaired) electrons. The van der Waals surface area contributed by atoms with Gasteiger partial charge >= 0.3 is 0 Å². The molecule has 0 saturated heterocycles. The van der Waals surface area contributed by atoms with Crippen molar-refractivity contribution in [3.63, 3.8) is 0 Å². The highest BCUT2D eigenvalue weighted by atomic mass is 16.3. The lowest BCUT2D eigenvalue weighted by atomic mass is 10.0. The van der Waals surface area contributed by atoms with Gasteiger partial charge in [-0.2, -0.15) is 0 Å². The summed E-state index contributed by atoms with van der Waals surface area (Å²) in [6.45, 7) is 0.750. The van der Waals surface area contributed by atoms with Gasteiger partial charge in [0.25, 0.3) is 5.91 Å². The van der Waals surface area contributed by atoms with E-state index in [4.69, 9.17) is 5.11 Å². The molecule has 0 spiro atoms. The molecule has 92 valence electrons. The average Bonchev–Trinajstić information content (AvgIpc) is 3.08. The number of carbonyl (C=O) groups is 1. The van der Waals surface area contributed by atoms with Gasteiger partial charge in [0, 0.05) is 25.4 Å². The second kappa shape index (κ2) is 4.71. The Balaban J connectivity index is 1.89. The molecule has 0 aromatic carbocycles. The fraction of sp³-hybridized carbons (Fsp3) is 0.500. The van der Waals surface area contributed by atoms with Crippen molar-refractivity contribution in [1.82, 2.24) is 10.3 Å². The van der Waals surface area contributed by atoms with Crippen LogP contribution in [0, 0.1) is 5.41 Å². The minimum Gasteiger partial charge on any atom is -0.396 e. The molecule has 0 atom stereocenters. The van der Waals surface area contributed by atoms with E-state index in [9.17, 15) is 9.59 Å². The van der Waals surface area contributed by atoms with Crippen molar-refractivity contribution in [2.75, 3.05) is 13.2 Å². The maximum Gasteiger partial charge on any atom is 0.252 e. The monoisotopic (exact) mass is 236 g/mol. The van der Waals surface area contributed by atoms with Crippen LogP contribution in [0.4, 0.5) is 0 Å². The van der Waals surface area contributed by atoms with E-state index in [-0.39, 0.29) is 23.5 Å². The number of nitrogens with one attached hydrogen (secondary N) is 2. The predicted molar refractivity (Wildman–Crippen MR) is 62.8 cm³/mol. The van der Waals surface area contributed by atoms with Crippen LogP contribution in [0.3, 0.4) is 0 Å². The Hall–Kier alpha value is -1.62. The second-order valence-electron chi connectivity index (χ2n) is 4.60. The van der Waals surface area contributed by atoms with Crippen molar-refractivity contribution < 1.29 is 9.90 Å². The Morgan fingerprint density at radius 2 is 2.24 bits per heavy atom. The summed E-state index contributed by atoms with van der Waals surface area (Å²) in [5.74, 6) is -0.189. The van der Waals surface area contributed by atoms with Gasteiger partial charge in [-0.1, -0.05) is 0 Å². The van der Waals surface area contributed by atoms with Gasteiger partial charge in [-0.25, -0.2) is 0 Å². The van der Waals surface area contributed by atoms with Crippen LogP contribution in [0.15, 0.2) is 23.1 Å². The number of rotatable bonds is 5. The highest BCUT2D eigenvalue weighted by Crippen LogP contribution is 2.47. The summed E-state index contributed by atoms with van der Waals surface area (Å²) in [5.41, 5.74) is 0.331. The van der Waals surface area contributed by atoms with E-state index in [1.165, 1.54) is 18.3 Å². The number of hydrogen-bond acceptors (Lipinski definition) is 3. The van der Waals surface area contributed by atoms with Crippen molar-refractivity contribution in [3.05, 3.63) is 34.2 Å². The quantitative estimate of drug-likeness (QED) is 0.686. The first-order valence-corrected chi connectivity index (χ1v) is 5.73. The molecule has 1 aromatic heterocycles. The van der Waals surface area contributed by atoms with E-state index in [1.54, 1.807) is 0 Å². The maximum absolute atomic E-state index is 11.7. The van der Waals surface area contributed by atoms with Crippen LogP contribution < -0.4 is 10.9 Å². The molecule has 1 heterocycles. The van der Waals surface area contributed by atoms with Crippen molar-refractivity contribution in [1.29, 1.82) is 0 Å². The molecule has 17 heavy (non-hydrogen) atoms. The molecule has 5 heteroatoms. The fourth-order valence-electron chi connectivity index (χ4n) is 1.85. The van der Waals surface area contributed by atoms with Gasteiger partial charge in [-0.3, -0.25) is 9.59 Å². The lowest BCUT2D eigenvalue weighted by Gasteiger charge is -2.14. The van der Waals surface area contributed by atoms with Gasteiger partial charge in [0.15, 0.2) is 0 Å². The number of amides is 1. The summed E-state index contributed by atoms with van der Waals surface area (Å²) < 4.78 is 0. The summed E-state index contributed by atoms with van der Waals surface area (Å²) in [6, 6.07) is 2.83. The van der Waals surface area contributed by atoms with Crippen LogP contribution in [-0.4, -0.2) is 29.1 Å². The first kappa shape index (κ1) is 11.9. The molecule has 3 N–H and O–H groups in total. The number of aliphatic hydroxyl groups excluding tert-OH is 1. The van der Waals surface area contributed by atoms with Gasteiger partial charge in [0.2, 0.25) is 5.56 Å². The van der Waals surface area contributed by atoms with E-state index in [0.717, 1.165) is 19.3 Å². The first-order chi connectivity index (χ1) is 8.15. The zero-order valence-electron chi connectivity index (χ0n) is 9.53. The van der Waals surface area contributed by atoms with Gasteiger partial charge in [0.1, 0.15) is 0 Å². The first-order valence-electron chi connectivity index (χ1n) is 5.73. The number of aromatic nitrogens is 1. The highest BCUT2D eigenvalue weighted by Gasteiger charge is 2.41. The molecular formula is C12H16N2O3. The van der Waals surface area contributed by atoms with Gasteiger partial charge in [-0.15, -0.1) is 0 Å². The van der Waals surface area contributed by atoms with Crippen LogP contribution in [0.25, 0.3) is 0 Å². The Kier molecular flexibility index (Phi) is 3.28. The van der Waals surface area contributed by atoms with Crippen molar-refractivity contribution in [2.24, 2.45) is 5.41 Å². The zero-order valence-corrected chi connectivity index (χ0v) is 9.53. The van der Waals surface area contributed by atoms with Crippen molar-refractivity contribution in [2.45, 2.75) is 19.3 Å². The largest absolute Gasteiger partial charge is 0.396 e. The molecule has 2 rings (SSSR count). The van der Waals surface area contributed by atoms with E-state index in [1.807, 2.05) is 0 Å². The summed E-state index contributed by atoms with van der Waals surface area (Å²) >= 11 is 0. The van der Waals surface area contributed by atoms with E-state index in [0.29, 0.717) is 12.1 Å². The average molecular weight is 236 g/mol. The minimum atomic E-state index is -0.222. The van der Waals surface area contributed by atoms with Crippen LogP contribution >= 0.6 is 0 Å². The zero-order chi connectivity index (χ0) is 12.3. The summed E-state index contributed by atoms with van der Waals surface area (Å²) in [6.07, 6.45) is 4.25. The summed E-state index contributed by atoms with van der Waals surface area (Å²) in [5, 5.41) is 11.7. The molecule has 1 saturated carbocycles. The molecule has 1 aliphatic carbocycles. The van der Waals surface area contributed by atoms with Gasteiger partial charge in [-0.05, 0) is 30.7 Å². The topological polar surface area (TPSA) is 82.2 Å². The Bertz CT molecular complexity index is 443. The molecular weight excluding hydrogens is 220 g/mol. The van der Waals surface area contributed by atoms with E-state index in [2.05, 4.69) is 10.3 Å². The highest BCUT2D eigenvalue weighted by molar-refractivity contribution is 5.93. The molecule has 5 nitrogen and oxygen atoms in total. The third-order valence-electron chi connectivity index (χ3n) is 3.27. The Labute approximate surface area is 98.9 Å². The van der Waals surface area contributed by atoms with Gasteiger partial charge in [0.05, 0.1) is 5.56 Å². The number of H-pyrrole nitrogens is 1. The van der Waals surface area contributed by atoms with Crippen LogP contribution in [0.5, 0.6) is 0 Å². The number of aliphatic hydroxyl groups is 1. The second-order valence-corrected chi connectivity index (χ2v) is 4.60. The van der Waals surface area contributed by atoms with E-state index >= 15 is 0 Å². The molecule has 1 aromatic rings. The number of aromatic amines is 1. The van der Waals surface area contributed by atoms with Crippen LogP contribution in [0.2, 0.25) is 0 Å². The third-order valence-corrected chi connectivity index (χ3v) is 3.27. The molecule has 0 bridgehead atoms. The smallest absolute Gasteiger partial charge is 0.252 e. The standard InChI is InChI=1S/C12H16N2O3/c15-6-5-12(3-4-12)8-14-11(17)9-1-2-10(16)13-7-9/h1-2,7,15H,3-6,8H2,(H,13,16)(H,14,17). The minimum absolute atomic E-state index is 0.104. The van der Waals surface area contributed by atoms with Crippen molar-refractivity contribution in [3.8, 4) is 0 Å². The SMILES string of the molecule is O=C(NCC1(CCO)CC1)c1ccc(=O)[nH]c1. The van der Waals surface area contributed by atoms with Crippen LogP contribution in [0.1, 0.15) is 29.6 Å². The summed E-state index contributed by atoms with van der Waals surface area (Å²) in [4.78, 5) is 25.0. The molecule has 1 aliphatic rings. The van der Waals surface area contributed by atoms with Gasteiger partial charge < -0.3 is 15.4 Å². The molecule has 1 fully saturated rings. The fourth-order valence-corrected chi connectivity index (χ4v) is 1.85.